The van der Waals surface area contributed by atoms with Crippen molar-refractivity contribution in [3.8, 4) is 5.75 Å². The van der Waals surface area contributed by atoms with Gasteiger partial charge in [0.1, 0.15) is 0 Å². The molecule has 0 atom stereocenters. The highest BCUT2D eigenvalue weighted by molar-refractivity contribution is 5.86. The number of methoxy groups -OCH3 is 2. The molecular formula is C10H12FNO3. The van der Waals surface area contributed by atoms with Crippen LogP contribution in [0.3, 0.4) is 0 Å². The van der Waals surface area contributed by atoms with Gasteiger partial charge in [-0.3, -0.25) is 4.90 Å². The van der Waals surface area contributed by atoms with E-state index in [1.807, 2.05) is 0 Å². The number of nitrogens with zero attached hydrogens (tertiary/aromatic N) is 1. The Kier molecular flexibility index (Phi) is 3.49. The fourth-order valence-corrected chi connectivity index (χ4v) is 1.11. The molecular weight excluding hydrogens is 201 g/mol. The first kappa shape index (κ1) is 11.3. The summed E-state index contributed by atoms with van der Waals surface area (Å²) in [5.41, 5.74) is 0.403. The Morgan fingerprint density at radius 3 is 2.53 bits per heavy atom. The number of ether oxygens (including phenoxy) is 2. The molecule has 15 heavy (non-hydrogen) atoms. The smallest absolute Gasteiger partial charge is 0.413 e. The minimum atomic E-state index is -0.556. The Balaban J connectivity index is 2.97. The third-order valence-electron chi connectivity index (χ3n) is 1.97. The van der Waals surface area contributed by atoms with Crippen LogP contribution in [0.15, 0.2) is 18.2 Å². The summed E-state index contributed by atoms with van der Waals surface area (Å²) in [6.07, 6.45) is -0.556. The van der Waals surface area contributed by atoms with Crippen molar-refractivity contribution in [1.29, 1.82) is 0 Å². The van der Waals surface area contributed by atoms with E-state index in [1.54, 1.807) is 6.07 Å². The van der Waals surface area contributed by atoms with Crippen LogP contribution in [-0.4, -0.2) is 27.4 Å². The topological polar surface area (TPSA) is 38.8 Å². The average Bonchev–Trinajstić information content (AvgIpc) is 2.26. The molecule has 0 bridgehead atoms. The molecule has 0 unspecified atom stereocenters. The van der Waals surface area contributed by atoms with Gasteiger partial charge in [-0.15, -0.1) is 0 Å². The predicted octanol–water partition coefficient (Wildman–Crippen LogP) is 2.04. The third kappa shape index (κ3) is 2.37. The van der Waals surface area contributed by atoms with Gasteiger partial charge in [-0.25, -0.2) is 9.18 Å². The van der Waals surface area contributed by atoms with Crippen LogP contribution in [0.5, 0.6) is 5.75 Å². The van der Waals surface area contributed by atoms with E-state index in [0.29, 0.717) is 5.69 Å². The highest BCUT2D eigenvalue weighted by Crippen LogP contribution is 2.22. The largest absolute Gasteiger partial charge is 0.494 e. The first-order chi connectivity index (χ1) is 7.10. The number of hydrogen-bond donors (Lipinski definition) is 0. The van der Waals surface area contributed by atoms with Crippen LogP contribution in [0.25, 0.3) is 0 Å². The van der Waals surface area contributed by atoms with E-state index in [-0.39, 0.29) is 5.75 Å². The van der Waals surface area contributed by atoms with E-state index in [1.165, 1.54) is 38.3 Å². The van der Waals surface area contributed by atoms with E-state index in [2.05, 4.69) is 4.74 Å². The van der Waals surface area contributed by atoms with E-state index in [4.69, 9.17) is 4.74 Å². The summed E-state index contributed by atoms with van der Waals surface area (Å²) in [6, 6.07) is 4.22. The van der Waals surface area contributed by atoms with E-state index in [9.17, 15) is 9.18 Å². The van der Waals surface area contributed by atoms with Crippen molar-refractivity contribution < 1.29 is 18.7 Å². The lowest BCUT2D eigenvalue weighted by molar-refractivity contribution is 0.180. The fourth-order valence-electron chi connectivity index (χ4n) is 1.11. The molecule has 0 saturated carbocycles. The molecule has 0 fully saturated rings. The molecule has 0 spiro atoms. The maximum atomic E-state index is 13.3. The fraction of sp³-hybridized carbons (Fsp3) is 0.300. The van der Waals surface area contributed by atoms with Crippen LogP contribution in [0, 0.1) is 5.82 Å². The summed E-state index contributed by atoms with van der Waals surface area (Å²) < 4.78 is 22.5. The van der Waals surface area contributed by atoms with Crippen molar-refractivity contribution in [2.45, 2.75) is 0 Å². The van der Waals surface area contributed by atoms with E-state index >= 15 is 0 Å². The van der Waals surface area contributed by atoms with Crippen molar-refractivity contribution in [2.75, 3.05) is 26.2 Å². The van der Waals surface area contributed by atoms with Gasteiger partial charge in [0.15, 0.2) is 11.6 Å². The van der Waals surface area contributed by atoms with Crippen LogP contribution in [0.4, 0.5) is 14.9 Å². The molecule has 0 aliphatic rings. The van der Waals surface area contributed by atoms with Gasteiger partial charge in [-0.1, -0.05) is 0 Å². The first-order valence-electron chi connectivity index (χ1n) is 4.25. The Hall–Kier alpha value is -1.78. The standard InChI is InChI=1S/C10H12FNO3/c1-12(10(13)15-3)7-4-5-9(14-2)8(11)6-7/h4-6H,1-3H3. The SMILES string of the molecule is COC(=O)N(C)c1ccc(OC)c(F)c1. The highest BCUT2D eigenvalue weighted by Gasteiger charge is 2.12. The summed E-state index contributed by atoms with van der Waals surface area (Å²) in [7, 11) is 4.13. The molecule has 0 saturated heterocycles. The quantitative estimate of drug-likeness (QED) is 0.754. The molecule has 1 aromatic carbocycles. The number of carbonyl (C=O) groups excluding carboxylic acids is 1. The second kappa shape index (κ2) is 4.63. The van der Waals surface area contributed by atoms with Crippen molar-refractivity contribution in [3.63, 3.8) is 0 Å². The number of hydrogen-bond acceptors (Lipinski definition) is 3. The minimum Gasteiger partial charge on any atom is -0.494 e. The summed E-state index contributed by atoms with van der Waals surface area (Å²) in [5, 5.41) is 0. The molecule has 4 nitrogen and oxygen atoms in total. The number of carbonyl (C=O) groups is 1. The van der Waals surface area contributed by atoms with Crippen molar-refractivity contribution >= 4 is 11.8 Å². The average molecular weight is 213 g/mol. The molecule has 5 heteroatoms. The Morgan fingerprint density at radius 2 is 2.07 bits per heavy atom. The van der Waals surface area contributed by atoms with Crippen molar-refractivity contribution in [3.05, 3.63) is 24.0 Å². The monoisotopic (exact) mass is 213 g/mol. The van der Waals surface area contributed by atoms with Crippen molar-refractivity contribution in [1.82, 2.24) is 0 Å². The van der Waals surface area contributed by atoms with Crippen LogP contribution in [0.1, 0.15) is 0 Å². The summed E-state index contributed by atoms with van der Waals surface area (Å²) in [4.78, 5) is 12.3. The van der Waals surface area contributed by atoms with Crippen LogP contribution in [-0.2, 0) is 4.74 Å². The number of rotatable bonds is 2. The van der Waals surface area contributed by atoms with Gasteiger partial charge in [-0.05, 0) is 12.1 Å². The molecule has 0 aliphatic carbocycles. The van der Waals surface area contributed by atoms with Gasteiger partial charge in [0.2, 0.25) is 0 Å². The van der Waals surface area contributed by atoms with Gasteiger partial charge in [0, 0.05) is 18.8 Å². The highest BCUT2D eigenvalue weighted by atomic mass is 19.1. The normalized spacial score (nSPS) is 9.60. The van der Waals surface area contributed by atoms with Gasteiger partial charge in [0.05, 0.1) is 14.2 Å². The van der Waals surface area contributed by atoms with E-state index < -0.39 is 11.9 Å². The molecule has 0 radical (unpaired) electrons. The predicted molar refractivity (Wildman–Crippen MR) is 53.8 cm³/mol. The maximum Gasteiger partial charge on any atom is 0.413 e. The molecule has 82 valence electrons. The Morgan fingerprint density at radius 1 is 1.40 bits per heavy atom. The van der Waals surface area contributed by atoms with Crippen LogP contribution < -0.4 is 9.64 Å². The van der Waals surface area contributed by atoms with Gasteiger partial charge in [0.25, 0.3) is 0 Å². The number of anilines is 1. The molecule has 1 amide bonds. The lowest BCUT2D eigenvalue weighted by atomic mass is 10.3. The third-order valence-corrected chi connectivity index (χ3v) is 1.97. The molecule has 0 heterocycles. The summed E-state index contributed by atoms with van der Waals surface area (Å²) in [6.45, 7) is 0. The van der Waals surface area contributed by atoms with Crippen LogP contribution in [0.2, 0.25) is 0 Å². The molecule has 1 rings (SSSR count). The number of benzene rings is 1. The molecule has 1 aromatic rings. The van der Waals surface area contributed by atoms with Gasteiger partial charge >= 0.3 is 6.09 Å². The molecule has 0 aromatic heterocycles. The van der Waals surface area contributed by atoms with Crippen molar-refractivity contribution in [2.24, 2.45) is 0 Å². The Bertz CT molecular complexity index is 368. The number of amides is 1. The van der Waals surface area contributed by atoms with E-state index in [0.717, 1.165) is 0 Å². The van der Waals surface area contributed by atoms with Crippen LogP contribution >= 0.6 is 0 Å². The number of halogens is 1. The second-order valence-corrected chi connectivity index (χ2v) is 2.85. The van der Waals surface area contributed by atoms with Gasteiger partial charge < -0.3 is 9.47 Å². The zero-order valence-corrected chi connectivity index (χ0v) is 8.78. The lowest BCUT2D eigenvalue weighted by Crippen LogP contribution is -2.25. The summed E-state index contributed by atoms with van der Waals surface area (Å²) in [5.74, 6) is -0.386. The second-order valence-electron chi connectivity index (χ2n) is 2.85. The molecule has 0 aliphatic heterocycles. The van der Waals surface area contributed by atoms with Gasteiger partial charge in [-0.2, -0.15) is 0 Å². The maximum absolute atomic E-state index is 13.3. The zero-order chi connectivity index (χ0) is 11.4. The summed E-state index contributed by atoms with van der Waals surface area (Å²) >= 11 is 0. The lowest BCUT2D eigenvalue weighted by Gasteiger charge is -2.15. The zero-order valence-electron chi connectivity index (χ0n) is 8.78. The Labute approximate surface area is 87.2 Å². The minimum absolute atomic E-state index is 0.136. The first-order valence-corrected chi connectivity index (χ1v) is 4.25. The molecule has 0 N–H and O–H groups in total.